The average Bonchev–Trinajstić information content (AvgIpc) is 2.69. The molecule has 0 aliphatic rings. The lowest BCUT2D eigenvalue weighted by Crippen LogP contribution is -2.39. The van der Waals surface area contributed by atoms with Crippen LogP contribution >= 0.6 is 11.3 Å². The van der Waals surface area contributed by atoms with Gasteiger partial charge in [-0.15, -0.1) is 11.3 Å². The average molecular weight is 293 g/mol. The maximum absolute atomic E-state index is 12.1. The molecule has 0 aromatic carbocycles. The molecule has 0 amide bonds. The van der Waals surface area contributed by atoms with Crippen LogP contribution in [-0.4, -0.2) is 32.8 Å². The van der Waals surface area contributed by atoms with Gasteiger partial charge in [0, 0.05) is 23.4 Å². The Morgan fingerprint density at radius 2 is 2.11 bits per heavy atom. The molecule has 0 unspecified atom stereocenters. The van der Waals surface area contributed by atoms with Gasteiger partial charge in [0.2, 0.25) is 10.0 Å². The van der Waals surface area contributed by atoms with Crippen molar-refractivity contribution in [2.45, 2.75) is 37.9 Å². The summed E-state index contributed by atoms with van der Waals surface area (Å²) in [7, 11) is -2.02. The van der Waals surface area contributed by atoms with Crippen LogP contribution in [0.2, 0.25) is 0 Å². The van der Waals surface area contributed by atoms with Crippen molar-refractivity contribution < 1.29 is 18.3 Å². The summed E-state index contributed by atoms with van der Waals surface area (Å²) >= 11 is 1.28. The molecule has 0 aliphatic heterocycles. The lowest BCUT2D eigenvalue weighted by Gasteiger charge is -2.22. The molecule has 1 rings (SSSR count). The first-order valence-corrected chi connectivity index (χ1v) is 7.77. The zero-order valence-corrected chi connectivity index (χ0v) is 12.6. The van der Waals surface area contributed by atoms with E-state index in [-0.39, 0.29) is 18.0 Å². The van der Waals surface area contributed by atoms with E-state index >= 15 is 0 Å². The van der Waals surface area contributed by atoms with E-state index in [0.29, 0.717) is 9.75 Å². The minimum atomic E-state index is -3.55. The standard InChI is InChI=1S/C11H19NO4S2/c1-8-10(5-9(6-13)17-8)18(14,15)12-7-11(2,3)16-4/h5,12-13H,6-7H2,1-4H3. The summed E-state index contributed by atoms with van der Waals surface area (Å²) in [6, 6.07) is 1.50. The molecule has 0 spiro atoms. The van der Waals surface area contributed by atoms with Gasteiger partial charge in [-0.25, -0.2) is 13.1 Å². The SMILES string of the molecule is COC(C)(C)CNS(=O)(=O)c1cc(CO)sc1C. The van der Waals surface area contributed by atoms with E-state index in [0.717, 1.165) is 0 Å². The largest absolute Gasteiger partial charge is 0.391 e. The number of aliphatic hydroxyl groups is 1. The fourth-order valence-corrected chi connectivity index (χ4v) is 3.98. The van der Waals surface area contributed by atoms with Crippen molar-refractivity contribution in [2.75, 3.05) is 13.7 Å². The van der Waals surface area contributed by atoms with Crippen molar-refractivity contribution >= 4 is 21.4 Å². The molecule has 18 heavy (non-hydrogen) atoms. The van der Waals surface area contributed by atoms with E-state index in [1.165, 1.54) is 24.5 Å². The molecule has 5 nitrogen and oxygen atoms in total. The van der Waals surface area contributed by atoms with Crippen molar-refractivity contribution in [2.24, 2.45) is 0 Å². The number of sulfonamides is 1. The van der Waals surface area contributed by atoms with Gasteiger partial charge in [-0.1, -0.05) is 0 Å². The van der Waals surface area contributed by atoms with Gasteiger partial charge in [0.15, 0.2) is 0 Å². The minimum Gasteiger partial charge on any atom is -0.391 e. The van der Waals surface area contributed by atoms with Crippen molar-refractivity contribution in [1.29, 1.82) is 0 Å². The molecule has 0 fully saturated rings. The zero-order chi connectivity index (χ0) is 14.0. The summed E-state index contributed by atoms with van der Waals surface area (Å²) < 4.78 is 31.9. The quantitative estimate of drug-likeness (QED) is 0.828. The fraction of sp³-hybridized carbons (Fsp3) is 0.636. The molecule has 7 heteroatoms. The van der Waals surface area contributed by atoms with Gasteiger partial charge in [-0.3, -0.25) is 0 Å². The van der Waals surface area contributed by atoms with Crippen LogP contribution in [0.3, 0.4) is 0 Å². The highest BCUT2D eigenvalue weighted by Gasteiger charge is 2.24. The molecule has 0 atom stereocenters. The summed E-state index contributed by atoms with van der Waals surface area (Å²) in [4.78, 5) is 1.53. The topological polar surface area (TPSA) is 75.6 Å². The summed E-state index contributed by atoms with van der Waals surface area (Å²) in [5.41, 5.74) is -0.559. The zero-order valence-electron chi connectivity index (χ0n) is 11.0. The number of thiophene rings is 1. The van der Waals surface area contributed by atoms with E-state index in [2.05, 4.69) is 4.72 Å². The number of ether oxygens (including phenoxy) is 1. The van der Waals surface area contributed by atoms with E-state index in [4.69, 9.17) is 9.84 Å². The number of rotatable bonds is 6. The Morgan fingerprint density at radius 1 is 1.50 bits per heavy atom. The first-order valence-electron chi connectivity index (χ1n) is 5.47. The molecule has 1 aromatic rings. The molecule has 0 radical (unpaired) electrons. The second kappa shape index (κ2) is 5.66. The molecule has 1 aromatic heterocycles. The Kier molecular flexibility index (Phi) is 4.90. The Labute approximate surface area is 112 Å². The third-order valence-electron chi connectivity index (χ3n) is 2.61. The van der Waals surface area contributed by atoms with Crippen LogP contribution in [0, 0.1) is 6.92 Å². The van der Waals surface area contributed by atoms with E-state index in [9.17, 15) is 8.42 Å². The first-order chi connectivity index (χ1) is 8.22. The van der Waals surface area contributed by atoms with E-state index < -0.39 is 15.6 Å². The van der Waals surface area contributed by atoms with Crippen LogP contribution in [0.4, 0.5) is 0 Å². The summed E-state index contributed by atoms with van der Waals surface area (Å²) in [6.45, 7) is 5.37. The van der Waals surface area contributed by atoms with Gasteiger partial charge in [-0.05, 0) is 26.8 Å². The highest BCUT2D eigenvalue weighted by Crippen LogP contribution is 2.25. The molecular formula is C11H19NO4S2. The van der Waals surface area contributed by atoms with Gasteiger partial charge in [-0.2, -0.15) is 0 Å². The molecule has 0 aliphatic carbocycles. The number of hydrogen-bond donors (Lipinski definition) is 2. The van der Waals surface area contributed by atoms with Crippen LogP contribution < -0.4 is 4.72 Å². The lowest BCUT2D eigenvalue weighted by molar-refractivity contribution is 0.0276. The minimum absolute atomic E-state index is 0.148. The number of nitrogens with one attached hydrogen (secondary N) is 1. The van der Waals surface area contributed by atoms with Crippen molar-refractivity contribution in [3.05, 3.63) is 15.8 Å². The third-order valence-corrected chi connectivity index (χ3v) is 5.30. The predicted octanol–water partition coefficient (Wildman–Crippen LogP) is 1.25. The van der Waals surface area contributed by atoms with Gasteiger partial charge in [0.1, 0.15) is 0 Å². The summed E-state index contributed by atoms with van der Waals surface area (Å²) in [6.07, 6.45) is 0. The molecule has 2 N–H and O–H groups in total. The molecule has 0 bridgehead atoms. The van der Waals surface area contributed by atoms with Crippen molar-refractivity contribution in [3.8, 4) is 0 Å². The van der Waals surface area contributed by atoms with Crippen LogP contribution in [0.1, 0.15) is 23.6 Å². The van der Waals surface area contributed by atoms with Crippen LogP contribution in [0.5, 0.6) is 0 Å². The number of hydrogen-bond acceptors (Lipinski definition) is 5. The second-order valence-electron chi connectivity index (χ2n) is 4.58. The van der Waals surface area contributed by atoms with Crippen LogP contribution in [0.25, 0.3) is 0 Å². The lowest BCUT2D eigenvalue weighted by atomic mass is 10.1. The fourth-order valence-electron chi connectivity index (χ4n) is 1.29. The molecule has 104 valence electrons. The van der Waals surface area contributed by atoms with Gasteiger partial charge in [0.25, 0.3) is 0 Å². The smallest absolute Gasteiger partial charge is 0.241 e. The highest BCUT2D eigenvalue weighted by atomic mass is 32.2. The molecule has 0 saturated carbocycles. The summed E-state index contributed by atoms with van der Waals surface area (Å²) in [5, 5.41) is 9.01. The Hall–Kier alpha value is -0.470. The normalized spacial score (nSPS) is 12.9. The van der Waals surface area contributed by atoms with Gasteiger partial charge >= 0.3 is 0 Å². The summed E-state index contributed by atoms with van der Waals surface area (Å²) in [5.74, 6) is 0. The third kappa shape index (κ3) is 3.76. The van der Waals surface area contributed by atoms with E-state index in [1.807, 2.05) is 0 Å². The first kappa shape index (κ1) is 15.6. The number of aryl methyl sites for hydroxylation is 1. The number of methoxy groups -OCH3 is 1. The monoisotopic (exact) mass is 293 g/mol. The van der Waals surface area contributed by atoms with Crippen LogP contribution in [0.15, 0.2) is 11.0 Å². The molecular weight excluding hydrogens is 274 g/mol. The van der Waals surface area contributed by atoms with Gasteiger partial charge in [0.05, 0.1) is 17.1 Å². The maximum Gasteiger partial charge on any atom is 0.241 e. The molecule has 0 saturated heterocycles. The number of aliphatic hydroxyl groups excluding tert-OH is 1. The maximum atomic E-state index is 12.1. The molecule has 1 heterocycles. The Morgan fingerprint density at radius 3 is 2.56 bits per heavy atom. The predicted molar refractivity (Wildman–Crippen MR) is 71.3 cm³/mol. The second-order valence-corrected chi connectivity index (χ2v) is 7.66. The van der Waals surface area contributed by atoms with E-state index in [1.54, 1.807) is 20.8 Å². The van der Waals surface area contributed by atoms with Crippen molar-refractivity contribution in [1.82, 2.24) is 4.72 Å². The highest BCUT2D eigenvalue weighted by molar-refractivity contribution is 7.89. The van der Waals surface area contributed by atoms with Crippen LogP contribution in [-0.2, 0) is 21.4 Å². The van der Waals surface area contributed by atoms with Crippen molar-refractivity contribution in [3.63, 3.8) is 0 Å². The Balaban J connectivity index is 2.90. The van der Waals surface area contributed by atoms with Gasteiger partial charge < -0.3 is 9.84 Å². The Bertz CT molecular complexity index is 505.